The molecule has 1 aromatic heterocycles. The Hall–Kier alpha value is -2.48. The predicted molar refractivity (Wildman–Crippen MR) is 105 cm³/mol. The van der Waals surface area contributed by atoms with E-state index in [1.54, 1.807) is 24.4 Å². The Bertz CT molecular complexity index is 1100. The van der Waals surface area contributed by atoms with Gasteiger partial charge in [0, 0.05) is 37.0 Å². The van der Waals surface area contributed by atoms with Crippen LogP contribution in [0, 0.1) is 0 Å². The molecule has 0 radical (unpaired) electrons. The number of carbonyl (C=O) groups excluding carboxylic acids is 1. The van der Waals surface area contributed by atoms with Crippen molar-refractivity contribution < 1.29 is 13.2 Å². The average Bonchev–Trinajstić information content (AvgIpc) is 2.64. The van der Waals surface area contributed by atoms with Crippen molar-refractivity contribution in [2.24, 2.45) is 0 Å². The number of carbonyl (C=O) groups is 1. The molecule has 2 N–H and O–H groups in total. The Balaban J connectivity index is 1.81. The van der Waals surface area contributed by atoms with E-state index in [-0.39, 0.29) is 22.5 Å². The second-order valence-corrected chi connectivity index (χ2v) is 8.16. The molecule has 0 aliphatic rings. The number of nitrogens with zero attached hydrogens (tertiary/aromatic N) is 1. The summed E-state index contributed by atoms with van der Waals surface area (Å²) in [6.07, 6.45) is 1.54. The maximum absolute atomic E-state index is 12.8. The number of nitrogens with one attached hydrogen (secondary N) is 2. The summed E-state index contributed by atoms with van der Waals surface area (Å²) in [5.41, 5.74) is 1.69. The first-order chi connectivity index (χ1) is 12.8. The molecule has 0 bridgehead atoms. The number of amides is 1. The Kier molecular flexibility index (Phi) is 5.74. The van der Waals surface area contributed by atoms with Gasteiger partial charge in [0.05, 0.1) is 4.90 Å². The molecule has 1 amide bonds. The molecule has 27 heavy (non-hydrogen) atoms. The third-order valence-electron chi connectivity index (χ3n) is 3.98. The zero-order valence-corrected chi connectivity index (χ0v) is 16.1. The van der Waals surface area contributed by atoms with Gasteiger partial charge in [0.2, 0.25) is 15.9 Å². The van der Waals surface area contributed by atoms with Crippen LogP contribution in [-0.4, -0.2) is 19.3 Å². The van der Waals surface area contributed by atoms with E-state index in [0.29, 0.717) is 17.3 Å². The number of rotatable bonds is 6. The summed E-state index contributed by atoms with van der Waals surface area (Å²) in [5, 5.41) is 4.16. The number of hydrogen-bond acceptors (Lipinski definition) is 4. The van der Waals surface area contributed by atoms with Gasteiger partial charge in [0.1, 0.15) is 5.15 Å². The van der Waals surface area contributed by atoms with Gasteiger partial charge >= 0.3 is 0 Å². The third-order valence-corrected chi connectivity index (χ3v) is 5.65. The molecule has 3 rings (SSSR count). The first-order valence-electron chi connectivity index (χ1n) is 8.21. The van der Waals surface area contributed by atoms with Crippen LogP contribution >= 0.6 is 11.6 Å². The van der Waals surface area contributed by atoms with Crippen LogP contribution in [0.2, 0.25) is 5.15 Å². The highest BCUT2D eigenvalue weighted by Crippen LogP contribution is 2.24. The summed E-state index contributed by atoms with van der Waals surface area (Å²) in [6.45, 7) is 1.97. The fraction of sp³-hybridized carbons (Fsp3) is 0.158. The summed E-state index contributed by atoms with van der Waals surface area (Å²) >= 11 is 5.93. The van der Waals surface area contributed by atoms with E-state index in [9.17, 15) is 13.2 Å². The van der Waals surface area contributed by atoms with E-state index in [4.69, 9.17) is 11.6 Å². The van der Waals surface area contributed by atoms with Gasteiger partial charge in [-0.1, -0.05) is 48.0 Å². The van der Waals surface area contributed by atoms with Gasteiger partial charge in [-0.15, -0.1) is 0 Å². The van der Waals surface area contributed by atoms with E-state index in [1.165, 1.54) is 13.0 Å². The lowest BCUT2D eigenvalue weighted by atomic mass is 10.1. The summed E-state index contributed by atoms with van der Waals surface area (Å²) in [4.78, 5) is 15.2. The number of fused-ring (bicyclic) bond motifs is 1. The summed E-state index contributed by atoms with van der Waals surface area (Å²) in [5.74, 6) is -0.120. The molecule has 2 aromatic carbocycles. The van der Waals surface area contributed by atoms with E-state index in [2.05, 4.69) is 15.0 Å². The van der Waals surface area contributed by atoms with Crippen LogP contribution in [0.25, 0.3) is 10.8 Å². The normalized spacial score (nSPS) is 11.5. The zero-order valence-electron chi connectivity index (χ0n) is 14.6. The van der Waals surface area contributed by atoms with Gasteiger partial charge in [-0.05, 0) is 23.3 Å². The van der Waals surface area contributed by atoms with Crippen LogP contribution in [-0.2, 0) is 27.9 Å². The highest BCUT2D eigenvalue weighted by molar-refractivity contribution is 7.89. The molecule has 0 unspecified atom stereocenters. The van der Waals surface area contributed by atoms with E-state index in [0.717, 1.165) is 11.1 Å². The Labute approximate surface area is 162 Å². The minimum absolute atomic E-state index is 0.120. The summed E-state index contributed by atoms with van der Waals surface area (Å²) in [7, 11) is -3.75. The molecule has 140 valence electrons. The van der Waals surface area contributed by atoms with Crippen LogP contribution in [0.15, 0.2) is 59.6 Å². The number of sulfonamides is 1. The number of halogens is 1. The third kappa shape index (κ3) is 4.82. The van der Waals surface area contributed by atoms with Crippen molar-refractivity contribution in [3.05, 3.63) is 71.0 Å². The molecule has 1 heterocycles. The van der Waals surface area contributed by atoms with Crippen LogP contribution in [0.4, 0.5) is 0 Å². The van der Waals surface area contributed by atoms with Gasteiger partial charge in [0.15, 0.2) is 0 Å². The molecule has 0 fully saturated rings. The predicted octanol–water partition coefficient (Wildman–Crippen LogP) is 3.00. The highest BCUT2D eigenvalue weighted by Gasteiger charge is 2.17. The second kappa shape index (κ2) is 8.04. The lowest BCUT2D eigenvalue weighted by Gasteiger charge is -2.11. The minimum Gasteiger partial charge on any atom is -0.352 e. The molecule has 0 aliphatic carbocycles. The Morgan fingerprint density at radius 2 is 1.78 bits per heavy atom. The first-order valence-corrected chi connectivity index (χ1v) is 10.1. The van der Waals surface area contributed by atoms with Crippen LogP contribution in [0.1, 0.15) is 18.1 Å². The molecule has 0 spiro atoms. The largest absolute Gasteiger partial charge is 0.352 e. The lowest BCUT2D eigenvalue weighted by molar-refractivity contribution is -0.119. The fourth-order valence-corrected chi connectivity index (χ4v) is 4.08. The van der Waals surface area contributed by atoms with Crippen LogP contribution in [0.3, 0.4) is 0 Å². The molecule has 0 saturated heterocycles. The quantitative estimate of drug-likeness (QED) is 0.619. The van der Waals surface area contributed by atoms with Crippen molar-refractivity contribution >= 4 is 38.3 Å². The van der Waals surface area contributed by atoms with Crippen molar-refractivity contribution in [2.45, 2.75) is 24.9 Å². The zero-order chi connectivity index (χ0) is 19.4. The van der Waals surface area contributed by atoms with Crippen molar-refractivity contribution in [2.75, 3.05) is 0 Å². The summed E-state index contributed by atoms with van der Waals surface area (Å²) in [6, 6.07) is 13.9. The van der Waals surface area contributed by atoms with Crippen molar-refractivity contribution in [3.63, 3.8) is 0 Å². The highest BCUT2D eigenvalue weighted by atomic mass is 35.5. The smallest absolute Gasteiger partial charge is 0.241 e. The summed E-state index contributed by atoms with van der Waals surface area (Å²) < 4.78 is 28.2. The van der Waals surface area contributed by atoms with Crippen LogP contribution < -0.4 is 10.0 Å². The first kappa shape index (κ1) is 19.3. The van der Waals surface area contributed by atoms with Crippen molar-refractivity contribution in [1.29, 1.82) is 0 Å². The maximum atomic E-state index is 12.8. The standard InChI is InChI=1S/C19H18ClN3O3S/c1-13(24)21-10-14-4-2-5-15(8-14)11-23-27(25,26)18-7-3-6-16-12-22-19(20)9-17(16)18/h2-9,12,23H,10-11H2,1H3,(H,21,24). The van der Waals surface area contributed by atoms with Crippen molar-refractivity contribution in [3.8, 4) is 0 Å². The molecule has 0 saturated carbocycles. The van der Waals surface area contributed by atoms with Crippen LogP contribution in [0.5, 0.6) is 0 Å². The monoisotopic (exact) mass is 403 g/mol. The molecule has 0 atom stereocenters. The number of aromatic nitrogens is 1. The van der Waals surface area contributed by atoms with E-state index in [1.807, 2.05) is 24.3 Å². The molecule has 8 heteroatoms. The number of hydrogen-bond donors (Lipinski definition) is 2. The van der Waals surface area contributed by atoms with Crippen molar-refractivity contribution in [1.82, 2.24) is 15.0 Å². The Morgan fingerprint density at radius 3 is 2.52 bits per heavy atom. The average molecular weight is 404 g/mol. The van der Waals surface area contributed by atoms with E-state index < -0.39 is 10.0 Å². The van der Waals surface area contributed by atoms with Gasteiger partial charge in [-0.2, -0.15) is 0 Å². The van der Waals surface area contributed by atoms with Gasteiger partial charge in [-0.25, -0.2) is 18.1 Å². The second-order valence-electron chi connectivity index (χ2n) is 6.04. The lowest BCUT2D eigenvalue weighted by Crippen LogP contribution is -2.24. The maximum Gasteiger partial charge on any atom is 0.241 e. The molecule has 3 aromatic rings. The molecule has 0 aliphatic heterocycles. The van der Waals surface area contributed by atoms with Gasteiger partial charge < -0.3 is 5.32 Å². The van der Waals surface area contributed by atoms with E-state index >= 15 is 0 Å². The SMILES string of the molecule is CC(=O)NCc1cccc(CNS(=O)(=O)c2cccc3cnc(Cl)cc23)c1. The van der Waals surface area contributed by atoms with Gasteiger partial charge in [0.25, 0.3) is 0 Å². The fourth-order valence-electron chi connectivity index (χ4n) is 2.68. The van der Waals surface area contributed by atoms with Gasteiger partial charge in [-0.3, -0.25) is 4.79 Å². The number of pyridine rings is 1. The molecular weight excluding hydrogens is 386 g/mol. The topological polar surface area (TPSA) is 88.2 Å². The Morgan fingerprint density at radius 1 is 1.07 bits per heavy atom. The minimum atomic E-state index is -3.75. The number of benzene rings is 2. The molecule has 6 nitrogen and oxygen atoms in total. The molecular formula is C19H18ClN3O3S.